The lowest BCUT2D eigenvalue weighted by molar-refractivity contribution is 0.0748. The van der Waals surface area contributed by atoms with Gasteiger partial charge in [-0.2, -0.15) is 0 Å². The van der Waals surface area contributed by atoms with Crippen molar-refractivity contribution in [2.45, 2.75) is 83.0 Å². The summed E-state index contributed by atoms with van der Waals surface area (Å²) in [5.74, 6) is 5.71. The Labute approximate surface area is 173 Å². The minimum atomic E-state index is 0.811. The van der Waals surface area contributed by atoms with Gasteiger partial charge in [-0.15, -0.1) is 13.2 Å². The molecular formula is C28H40. The van der Waals surface area contributed by atoms with Crippen LogP contribution in [0.4, 0.5) is 0 Å². The van der Waals surface area contributed by atoms with E-state index in [4.69, 9.17) is 0 Å². The van der Waals surface area contributed by atoms with E-state index in [0.717, 1.165) is 48.3 Å². The van der Waals surface area contributed by atoms with Gasteiger partial charge in [-0.05, 0) is 124 Å². The van der Waals surface area contributed by atoms with Gasteiger partial charge in [0.05, 0.1) is 0 Å². The van der Waals surface area contributed by atoms with Gasteiger partial charge in [-0.25, -0.2) is 0 Å². The van der Waals surface area contributed by atoms with Crippen molar-refractivity contribution in [3.63, 3.8) is 0 Å². The van der Waals surface area contributed by atoms with Crippen molar-refractivity contribution in [2.24, 2.45) is 29.6 Å². The zero-order chi connectivity index (χ0) is 19.3. The molecule has 1 aromatic rings. The predicted octanol–water partition coefficient (Wildman–Crippen LogP) is 8.10. The fourth-order valence-electron chi connectivity index (χ4n) is 6.73. The van der Waals surface area contributed by atoms with Crippen molar-refractivity contribution in [1.82, 2.24) is 0 Å². The highest BCUT2D eigenvalue weighted by Gasteiger charge is 2.38. The van der Waals surface area contributed by atoms with Crippen LogP contribution in [0.3, 0.4) is 0 Å². The number of rotatable bonds is 6. The van der Waals surface area contributed by atoms with Crippen LogP contribution >= 0.6 is 0 Å². The summed E-state index contributed by atoms with van der Waals surface area (Å²) in [5, 5.41) is 0. The first kappa shape index (κ1) is 20.0. The summed E-state index contributed by atoms with van der Waals surface area (Å²) in [6, 6.07) is 9.57. The predicted molar refractivity (Wildman–Crippen MR) is 122 cm³/mol. The molecule has 0 heteroatoms. The molecule has 0 amide bonds. The molecule has 3 aliphatic carbocycles. The second-order valence-corrected chi connectivity index (χ2v) is 10.1. The van der Waals surface area contributed by atoms with Crippen molar-refractivity contribution in [3.8, 4) is 0 Å². The van der Waals surface area contributed by atoms with Gasteiger partial charge in [-0.3, -0.25) is 0 Å². The Morgan fingerprint density at radius 2 is 1.32 bits per heavy atom. The van der Waals surface area contributed by atoms with Gasteiger partial charge in [0.2, 0.25) is 0 Å². The monoisotopic (exact) mass is 376 g/mol. The molecule has 3 aliphatic rings. The summed E-state index contributed by atoms with van der Waals surface area (Å²) in [7, 11) is 0. The van der Waals surface area contributed by atoms with Crippen LogP contribution in [0.2, 0.25) is 0 Å². The second-order valence-electron chi connectivity index (χ2n) is 10.1. The third kappa shape index (κ3) is 4.64. The van der Waals surface area contributed by atoms with Gasteiger partial charge in [-0.1, -0.05) is 36.4 Å². The number of hydrogen-bond acceptors (Lipinski definition) is 0. The maximum atomic E-state index is 4.02. The molecule has 3 fully saturated rings. The largest absolute Gasteiger partial charge is 0.103 e. The molecule has 4 unspecified atom stereocenters. The average Bonchev–Trinajstić information content (AvgIpc) is 2.77. The van der Waals surface area contributed by atoms with E-state index in [1.165, 1.54) is 63.4 Å². The Morgan fingerprint density at radius 1 is 0.714 bits per heavy atom. The van der Waals surface area contributed by atoms with Crippen molar-refractivity contribution in [1.29, 1.82) is 0 Å². The van der Waals surface area contributed by atoms with Crippen molar-refractivity contribution in [3.05, 3.63) is 60.7 Å². The fraction of sp³-hybridized carbons (Fsp3) is 0.643. The molecular weight excluding hydrogens is 336 g/mol. The Kier molecular flexibility index (Phi) is 6.76. The maximum Gasteiger partial charge on any atom is -0.0159 e. The zero-order valence-electron chi connectivity index (χ0n) is 17.8. The van der Waals surface area contributed by atoms with Gasteiger partial charge >= 0.3 is 0 Å². The molecule has 0 saturated heterocycles. The molecule has 0 nitrogen and oxygen atoms in total. The molecule has 4 atom stereocenters. The smallest absolute Gasteiger partial charge is 0.0159 e. The highest BCUT2D eigenvalue weighted by Crippen LogP contribution is 2.50. The van der Waals surface area contributed by atoms with E-state index in [0.29, 0.717) is 0 Å². The molecule has 4 rings (SSSR count). The van der Waals surface area contributed by atoms with E-state index >= 15 is 0 Å². The number of fused-ring (bicyclic) bond motifs is 1. The van der Waals surface area contributed by atoms with Crippen LogP contribution < -0.4 is 0 Å². The minimum Gasteiger partial charge on any atom is -0.103 e. The zero-order valence-corrected chi connectivity index (χ0v) is 17.8. The van der Waals surface area contributed by atoms with Gasteiger partial charge in [0.1, 0.15) is 0 Å². The first-order valence-electron chi connectivity index (χ1n) is 12.1. The van der Waals surface area contributed by atoms with E-state index in [9.17, 15) is 0 Å². The van der Waals surface area contributed by atoms with Gasteiger partial charge in [0.15, 0.2) is 0 Å². The van der Waals surface area contributed by atoms with Crippen molar-refractivity contribution >= 4 is 0 Å². The van der Waals surface area contributed by atoms with Gasteiger partial charge in [0, 0.05) is 0 Å². The molecule has 152 valence electrons. The summed E-state index contributed by atoms with van der Waals surface area (Å²) >= 11 is 0. The average molecular weight is 377 g/mol. The van der Waals surface area contributed by atoms with E-state index < -0.39 is 0 Å². The first-order valence-corrected chi connectivity index (χ1v) is 12.1. The number of aryl methyl sites for hydroxylation is 1. The fourth-order valence-corrected chi connectivity index (χ4v) is 6.73. The Balaban J connectivity index is 1.29. The van der Waals surface area contributed by atoms with E-state index in [1.807, 2.05) is 6.08 Å². The normalized spacial score (nSPS) is 35.7. The third-order valence-corrected chi connectivity index (χ3v) is 8.56. The first-order chi connectivity index (χ1) is 13.8. The third-order valence-electron chi connectivity index (χ3n) is 8.56. The summed E-state index contributed by atoms with van der Waals surface area (Å²) in [6.45, 7) is 7.87. The number of benzene rings is 1. The Morgan fingerprint density at radius 3 is 2.00 bits per heavy atom. The molecule has 0 bridgehead atoms. The molecule has 0 heterocycles. The van der Waals surface area contributed by atoms with Gasteiger partial charge in [0.25, 0.3) is 0 Å². The van der Waals surface area contributed by atoms with Crippen molar-refractivity contribution < 1.29 is 0 Å². The Hall–Kier alpha value is -1.30. The summed E-state index contributed by atoms with van der Waals surface area (Å²) in [6.07, 6.45) is 21.1. The van der Waals surface area contributed by atoms with Crippen LogP contribution in [0.15, 0.2) is 49.6 Å². The van der Waals surface area contributed by atoms with Crippen LogP contribution in [-0.4, -0.2) is 0 Å². The summed E-state index contributed by atoms with van der Waals surface area (Å²) < 4.78 is 0. The van der Waals surface area contributed by atoms with Crippen LogP contribution in [0.1, 0.15) is 87.7 Å². The highest BCUT2D eigenvalue weighted by atomic mass is 14.4. The lowest BCUT2D eigenvalue weighted by Crippen LogP contribution is -2.34. The lowest BCUT2D eigenvalue weighted by Gasteiger charge is -2.45. The van der Waals surface area contributed by atoms with E-state index in [1.54, 1.807) is 12.0 Å². The molecule has 1 aromatic carbocycles. The summed E-state index contributed by atoms with van der Waals surface area (Å²) in [4.78, 5) is 0. The molecule has 3 saturated carbocycles. The second kappa shape index (κ2) is 9.47. The topological polar surface area (TPSA) is 0 Å². The minimum absolute atomic E-state index is 0.811. The molecule has 0 spiro atoms. The van der Waals surface area contributed by atoms with Crippen molar-refractivity contribution in [2.75, 3.05) is 0 Å². The molecule has 28 heavy (non-hydrogen) atoms. The van der Waals surface area contributed by atoms with E-state index in [2.05, 4.69) is 43.5 Å². The molecule has 0 aromatic heterocycles. The molecule has 0 N–H and O–H groups in total. The van der Waals surface area contributed by atoms with Gasteiger partial charge < -0.3 is 0 Å². The SMILES string of the molecule is C=CCCc1ccc(C2CCC3CC(C4CCC(C=C)CC4)CCC3C2)cc1. The number of allylic oxidation sites excluding steroid dienone is 2. The standard InChI is InChI=1S/C28H40/c1-3-5-6-22-9-13-24(14-10-22)26-16-18-27-19-25(15-17-28(27)20-26)23-11-7-21(4-2)8-12-23/h3-4,9-10,13-14,21,23,25-28H,1-2,5-8,11-12,15-20H2. The summed E-state index contributed by atoms with van der Waals surface area (Å²) in [5.41, 5.74) is 3.06. The van der Waals surface area contributed by atoms with Crippen LogP contribution in [0, 0.1) is 29.6 Å². The van der Waals surface area contributed by atoms with Crippen LogP contribution in [0.25, 0.3) is 0 Å². The molecule has 0 radical (unpaired) electrons. The quantitative estimate of drug-likeness (QED) is 0.440. The van der Waals surface area contributed by atoms with Crippen LogP contribution in [-0.2, 0) is 6.42 Å². The molecule has 0 aliphatic heterocycles. The highest BCUT2D eigenvalue weighted by molar-refractivity contribution is 5.26. The van der Waals surface area contributed by atoms with E-state index in [-0.39, 0.29) is 0 Å². The Bertz CT molecular complexity index is 631. The number of hydrogen-bond donors (Lipinski definition) is 0. The maximum absolute atomic E-state index is 4.02. The van der Waals surface area contributed by atoms with Crippen LogP contribution in [0.5, 0.6) is 0 Å². The lowest BCUT2D eigenvalue weighted by atomic mass is 9.60.